The molecule has 1 amide bonds. The fourth-order valence-corrected chi connectivity index (χ4v) is 6.40. The first kappa shape index (κ1) is 53.9. The van der Waals surface area contributed by atoms with E-state index in [-0.39, 0.29) is 25.5 Å². The number of amides is 1. The van der Waals surface area contributed by atoms with Gasteiger partial charge in [-0.15, -0.1) is 0 Å². The number of rotatable bonds is 37. The predicted molar refractivity (Wildman–Crippen MR) is 233 cm³/mol. The molecule has 0 aliphatic heterocycles. The normalized spacial score (nSPS) is 16.2. The van der Waals surface area contributed by atoms with Crippen molar-refractivity contribution in [2.75, 3.05) is 40.9 Å². The van der Waals surface area contributed by atoms with Crippen LogP contribution in [0.4, 0.5) is 0 Å². The van der Waals surface area contributed by atoms with Crippen LogP contribution in [0.15, 0.2) is 72.9 Å². The van der Waals surface area contributed by atoms with Gasteiger partial charge in [0.25, 0.3) is 0 Å². The monoisotopic (exact) mass is 810 g/mol. The summed E-state index contributed by atoms with van der Waals surface area (Å²) in [5.41, 5.74) is 0. The second-order valence-corrected chi connectivity index (χ2v) is 17.2. The van der Waals surface area contributed by atoms with Gasteiger partial charge < -0.3 is 30.0 Å². The molecular weight excluding hydrogens is 727 g/mol. The van der Waals surface area contributed by atoms with Gasteiger partial charge >= 0.3 is 7.82 Å². The molecule has 0 rings (SSSR count). The van der Waals surface area contributed by atoms with E-state index in [0.29, 0.717) is 36.7 Å². The van der Waals surface area contributed by atoms with Crippen molar-refractivity contribution in [2.24, 2.45) is 0 Å². The largest absolute Gasteiger partial charge is 0.472 e. The number of phosphoric ester groups is 1. The maximum atomic E-state index is 12.9. The number of likely N-dealkylation sites (N-methyl/N-ethyl adjacent to an activating group) is 1. The van der Waals surface area contributed by atoms with E-state index >= 15 is 0 Å². The molecule has 0 aliphatic rings. The topological polar surface area (TPSA) is 146 Å². The first-order chi connectivity index (χ1) is 26.8. The van der Waals surface area contributed by atoms with Crippen molar-refractivity contribution in [2.45, 2.75) is 167 Å². The lowest BCUT2D eigenvalue weighted by Gasteiger charge is -2.26. The highest BCUT2D eigenvalue weighted by molar-refractivity contribution is 7.47. The van der Waals surface area contributed by atoms with Crippen LogP contribution < -0.4 is 5.32 Å². The highest BCUT2D eigenvalue weighted by Gasteiger charge is 2.28. The Hall–Kier alpha value is -2.14. The fourth-order valence-electron chi connectivity index (χ4n) is 5.67. The second kappa shape index (κ2) is 36.0. The Morgan fingerprint density at radius 2 is 1.30 bits per heavy atom. The van der Waals surface area contributed by atoms with Gasteiger partial charge in [-0.05, 0) is 38.5 Å². The van der Waals surface area contributed by atoms with E-state index in [9.17, 15) is 29.6 Å². The maximum absolute atomic E-state index is 12.9. The summed E-state index contributed by atoms with van der Waals surface area (Å²) < 4.78 is 23.5. The van der Waals surface area contributed by atoms with E-state index in [4.69, 9.17) is 9.05 Å². The molecule has 0 bridgehead atoms. The number of carbonyl (C=O) groups excluding carboxylic acids is 1. The first-order valence-corrected chi connectivity index (χ1v) is 23.0. The third-order valence-corrected chi connectivity index (χ3v) is 10.1. The van der Waals surface area contributed by atoms with Crippen LogP contribution in [0.3, 0.4) is 0 Å². The number of aliphatic hydroxyl groups excluding tert-OH is 3. The van der Waals surface area contributed by atoms with E-state index < -0.39 is 32.2 Å². The SMILES string of the molecule is CC/C=C\C[C@H](O)/C=C/C=C\C/C=C\C=C\[C@H](O)/C=C\CCCC(=O)N[C@@H](COP(=O)(O)OCC[N+](C)(C)C)[C@H](O)CCCCCCCCCCCCCCC. The summed E-state index contributed by atoms with van der Waals surface area (Å²) in [6, 6.07) is -0.851. The van der Waals surface area contributed by atoms with Gasteiger partial charge in [-0.25, -0.2) is 4.57 Å². The zero-order valence-electron chi connectivity index (χ0n) is 35.8. The molecule has 11 heteroatoms. The average Bonchev–Trinajstić information content (AvgIpc) is 3.13. The van der Waals surface area contributed by atoms with Crippen LogP contribution in [0.1, 0.15) is 142 Å². The lowest BCUT2D eigenvalue weighted by Crippen LogP contribution is -2.46. The van der Waals surface area contributed by atoms with Crippen LogP contribution in [0.25, 0.3) is 0 Å². The molecule has 324 valence electrons. The minimum Gasteiger partial charge on any atom is -0.391 e. The Labute approximate surface area is 341 Å². The van der Waals surface area contributed by atoms with Gasteiger partial charge in [-0.2, -0.15) is 0 Å². The molecule has 56 heavy (non-hydrogen) atoms. The van der Waals surface area contributed by atoms with Crippen molar-refractivity contribution in [3.63, 3.8) is 0 Å². The lowest BCUT2D eigenvalue weighted by molar-refractivity contribution is -0.870. The summed E-state index contributed by atoms with van der Waals surface area (Å²) in [7, 11) is 1.47. The van der Waals surface area contributed by atoms with Crippen molar-refractivity contribution < 1.29 is 43.1 Å². The standard InChI is InChI=1S/C45H81N2O8P/c1-6-8-10-11-12-13-14-15-16-17-21-24-30-36-44(50)43(40-55-56(52,53)54-39-38-47(3,4)5)46-45(51)37-31-25-29-35-42(49)34-28-23-20-18-19-22-27-33-41(48)32-26-9-7-2/h9,19-20,22-23,26-29,33-35,41-44,48-50H,6-8,10-18,21,24-25,30-32,36-40H2,1-5H3,(H-,46,51,52,53)/p+1/b22-19-,23-20-,26-9-,33-27+,34-28+,35-29-/t41-,42-,43-,44+/m0/s1. The molecule has 0 fully saturated rings. The molecular formula is C45H82N2O8P+. The Kier molecular flexibility index (Phi) is 34.6. The fraction of sp³-hybridized carbons (Fsp3) is 0.711. The number of phosphoric acid groups is 1. The van der Waals surface area contributed by atoms with Gasteiger partial charge in [0.1, 0.15) is 13.2 Å². The lowest BCUT2D eigenvalue weighted by atomic mass is 10.0. The molecule has 0 radical (unpaired) electrons. The van der Waals surface area contributed by atoms with Crippen molar-refractivity contribution in [1.29, 1.82) is 0 Å². The molecule has 0 heterocycles. The molecule has 1 unspecified atom stereocenters. The zero-order chi connectivity index (χ0) is 41.8. The average molecular weight is 810 g/mol. The molecule has 0 aromatic rings. The molecule has 0 saturated heterocycles. The molecule has 0 saturated carbocycles. The molecule has 0 spiro atoms. The Morgan fingerprint density at radius 1 is 0.714 bits per heavy atom. The second-order valence-electron chi connectivity index (χ2n) is 15.7. The summed E-state index contributed by atoms with van der Waals surface area (Å²) in [6.45, 7) is 4.51. The number of unbranched alkanes of at least 4 members (excludes halogenated alkanes) is 13. The Bertz CT molecular complexity index is 1180. The molecule has 10 nitrogen and oxygen atoms in total. The first-order valence-electron chi connectivity index (χ1n) is 21.5. The third-order valence-electron chi connectivity index (χ3n) is 9.14. The van der Waals surface area contributed by atoms with E-state index in [0.717, 1.165) is 32.1 Å². The van der Waals surface area contributed by atoms with E-state index in [1.54, 1.807) is 24.3 Å². The number of carbonyl (C=O) groups is 1. The quantitative estimate of drug-likeness (QED) is 0.0137. The van der Waals surface area contributed by atoms with Gasteiger partial charge in [0.15, 0.2) is 0 Å². The third kappa shape index (κ3) is 37.4. The Balaban J connectivity index is 4.68. The number of quaternary nitrogens is 1. The van der Waals surface area contributed by atoms with Crippen LogP contribution in [-0.2, 0) is 18.4 Å². The van der Waals surface area contributed by atoms with Crippen LogP contribution >= 0.6 is 7.82 Å². The number of nitrogens with zero attached hydrogens (tertiary/aromatic N) is 1. The maximum Gasteiger partial charge on any atom is 0.472 e. The van der Waals surface area contributed by atoms with E-state index in [1.165, 1.54) is 64.2 Å². The molecule has 0 aromatic heterocycles. The number of hydrogen-bond donors (Lipinski definition) is 5. The molecule has 0 aromatic carbocycles. The van der Waals surface area contributed by atoms with E-state index in [1.807, 2.05) is 69.8 Å². The number of allylic oxidation sites excluding steroid dienone is 8. The number of nitrogens with one attached hydrogen (secondary N) is 1. The van der Waals surface area contributed by atoms with Crippen molar-refractivity contribution in [3.8, 4) is 0 Å². The van der Waals surface area contributed by atoms with Gasteiger partial charge in [0.05, 0.1) is 52.1 Å². The highest BCUT2D eigenvalue weighted by atomic mass is 31.2. The smallest absolute Gasteiger partial charge is 0.391 e. The van der Waals surface area contributed by atoms with Gasteiger partial charge in [-0.1, -0.05) is 170 Å². The van der Waals surface area contributed by atoms with Gasteiger partial charge in [-0.3, -0.25) is 13.8 Å². The van der Waals surface area contributed by atoms with Crippen LogP contribution in [-0.4, -0.2) is 95.9 Å². The van der Waals surface area contributed by atoms with Crippen molar-refractivity contribution >= 4 is 13.7 Å². The van der Waals surface area contributed by atoms with Crippen molar-refractivity contribution in [3.05, 3.63) is 72.9 Å². The Morgan fingerprint density at radius 3 is 1.89 bits per heavy atom. The highest BCUT2D eigenvalue weighted by Crippen LogP contribution is 2.43. The van der Waals surface area contributed by atoms with Crippen LogP contribution in [0.2, 0.25) is 0 Å². The predicted octanol–water partition coefficient (Wildman–Crippen LogP) is 9.57. The molecule has 0 aliphatic carbocycles. The summed E-state index contributed by atoms with van der Waals surface area (Å²) in [6.07, 6.45) is 40.0. The summed E-state index contributed by atoms with van der Waals surface area (Å²) in [5.74, 6) is -0.287. The van der Waals surface area contributed by atoms with Crippen LogP contribution in [0.5, 0.6) is 0 Å². The van der Waals surface area contributed by atoms with Crippen molar-refractivity contribution in [1.82, 2.24) is 5.32 Å². The van der Waals surface area contributed by atoms with Gasteiger partial charge in [0.2, 0.25) is 5.91 Å². The van der Waals surface area contributed by atoms with Crippen LogP contribution in [0, 0.1) is 0 Å². The zero-order valence-corrected chi connectivity index (χ0v) is 36.7. The van der Waals surface area contributed by atoms with Gasteiger partial charge in [0, 0.05) is 6.42 Å². The summed E-state index contributed by atoms with van der Waals surface area (Å²) >= 11 is 0. The number of aliphatic hydroxyl groups is 3. The molecule has 5 atom stereocenters. The molecule has 5 N–H and O–H groups in total. The summed E-state index contributed by atoms with van der Waals surface area (Å²) in [5, 5.41) is 33.9. The minimum absolute atomic E-state index is 0.0329. The summed E-state index contributed by atoms with van der Waals surface area (Å²) in [4.78, 5) is 23.1. The van der Waals surface area contributed by atoms with E-state index in [2.05, 4.69) is 19.2 Å². The minimum atomic E-state index is -4.37. The number of hydrogen-bond acceptors (Lipinski definition) is 7.